The van der Waals surface area contributed by atoms with E-state index in [1.807, 2.05) is 0 Å². The van der Waals surface area contributed by atoms with E-state index in [0.29, 0.717) is 5.56 Å². The van der Waals surface area contributed by atoms with Crippen molar-refractivity contribution in [3.8, 4) is 0 Å². The van der Waals surface area contributed by atoms with E-state index >= 15 is 0 Å². The second kappa shape index (κ2) is 3.94. The minimum atomic E-state index is -4.31. The predicted octanol–water partition coefficient (Wildman–Crippen LogP) is 0.495. The van der Waals surface area contributed by atoms with Crippen molar-refractivity contribution in [1.29, 1.82) is 0 Å². The molecule has 0 saturated heterocycles. The van der Waals surface area contributed by atoms with Gasteiger partial charge in [0, 0.05) is 0 Å². The van der Waals surface area contributed by atoms with Gasteiger partial charge >= 0.3 is 13.5 Å². The first-order valence-electron chi connectivity index (χ1n) is 3.65. The SMILES string of the molecule is O=C(Cc1ccccc1)[P+](O)(O)O. The average molecular weight is 201 g/mol. The van der Waals surface area contributed by atoms with Crippen LogP contribution in [0.3, 0.4) is 0 Å². The number of hydrogen-bond acceptors (Lipinski definition) is 4. The molecule has 0 aliphatic heterocycles. The van der Waals surface area contributed by atoms with E-state index in [1.54, 1.807) is 30.3 Å². The number of benzene rings is 1. The number of carbonyl (C=O) groups excluding carboxylic acids is 1. The van der Waals surface area contributed by atoms with E-state index in [4.69, 9.17) is 14.7 Å². The zero-order chi connectivity index (χ0) is 9.90. The van der Waals surface area contributed by atoms with Gasteiger partial charge in [0.15, 0.2) is 0 Å². The van der Waals surface area contributed by atoms with Crippen molar-refractivity contribution in [3.05, 3.63) is 35.9 Å². The van der Waals surface area contributed by atoms with Crippen LogP contribution in [0.25, 0.3) is 0 Å². The molecular formula is C8H10O4P+. The molecular weight excluding hydrogens is 191 g/mol. The lowest BCUT2D eigenvalue weighted by atomic mass is 10.2. The second-order valence-corrected chi connectivity index (χ2v) is 4.26. The van der Waals surface area contributed by atoms with Gasteiger partial charge in [-0.2, -0.15) is 14.7 Å². The summed E-state index contributed by atoms with van der Waals surface area (Å²) in [7, 11) is -4.31. The second-order valence-electron chi connectivity index (χ2n) is 2.62. The highest BCUT2D eigenvalue weighted by Gasteiger charge is 2.41. The molecule has 1 rings (SSSR count). The quantitative estimate of drug-likeness (QED) is 0.622. The van der Waals surface area contributed by atoms with Gasteiger partial charge in [0.25, 0.3) is 0 Å². The summed E-state index contributed by atoms with van der Waals surface area (Å²) in [4.78, 5) is 36.8. The largest absolute Gasteiger partial charge is 0.478 e. The molecule has 0 aliphatic carbocycles. The molecule has 0 unspecified atom stereocenters. The Morgan fingerprint density at radius 3 is 2.15 bits per heavy atom. The highest BCUT2D eigenvalue weighted by molar-refractivity contribution is 7.76. The predicted molar refractivity (Wildman–Crippen MR) is 48.7 cm³/mol. The third kappa shape index (κ3) is 3.20. The molecule has 1 aromatic carbocycles. The lowest BCUT2D eigenvalue weighted by Crippen LogP contribution is -2.07. The molecule has 5 heteroatoms. The van der Waals surface area contributed by atoms with E-state index in [-0.39, 0.29) is 6.42 Å². The van der Waals surface area contributed by atoms with Gasteiger partial charge in [0.1, 0.15) is 0 Å². The summed E-state index contributed by atoms with van der Waals surface area (Å²) in [6.45, 7) is 0. The van der Waals surface area contributed by atoms with Gasteiger partial charge in [0.05, 0.1) is 6.42 Å². The van der Waals surface area contributed by atoms with Gasteiger partial charge in [-0.1, -0.05) is 30.3 Å². The fourth-order valence-electron chi connectivity index (χ4n) is 0.877. The van der Waals surface area contributed by atoms with Crippen molar-refractivity contribution >= 4 is 13.5 Å². The van der Waals surface area contributed by atoms with E-state index in [2.05, 4.69) is 0 Å². The maximum atomic E-state index is 10.9. The van der Waals surface area contributed by atoms with E-state index in [1.165, 1.54) is 0 Å². The molecule has 0 heterocycles. The first-order valence-corrected chi connectivity index (χ1v) is 5.29. The smallest absolute Gasteiger partial charge is 0.243 e. The standard InChI is InChI=1S/C8H10O4P/c9-8(13(10,11)12)6-7-4-2-1-3-5-7/h1-5,10-12H,6H2/q+1. The van der Waals surface area contributed by atoms with Gasteiger partial charge in [-0.3, -0.25) is 0 Å². The summed E-state index contributed by atoms with van der Waals surface area (Å²) in [5, 5.41) is 0. The highest BCUT2D eigenvalue weighted by Crippen LogP contribution is 2.46. The zero-order valence-corrected chi connectivity index (χ0v) is 7.69. The van der Waals surface area contributed by atoms with Crippen LogP contribution in [0.15, 0.2) is 30.3 Å². The van der Waals surface area contributed by atoms with Crippen LogP contribution in [0, 0.1) is 0 Å². The minimum Gasteiger partial charge on any atom is -0.243 e. The Balaban J connectivity index is 2.66. The topological polar surface area (TPSA) is 77.8 Å². The molecule has 3 N–H and O–H groups in total. The molecule has 0 aromatic heterocycles. The Labute approximate surface area is 76.1 Å². The lowest BCUT2D eigenvalue weighted by molar-refractivity contribution is -0.113. The minimum absolute atomic E-state index is 0.155. The van der Waals surface area contributed by atoms with Crippen molar-refractivity contribution in [3.63, 3.8) is 0 Å². The molecule has 0 saturated carbocycles. The molecule has 0 fully saturated rings. The summed E-state index contributed by atoms with van der Waals surface area (Å²) in [6.07, 6.45) is -0.155. The van der Waals surface area contributed by atoms with Crippen LogP contribution in [0.4, 0.5) is 0 Å². The van der Waals surface area contributed by atoms with Crippen molar-refractivity contribution < 1.29 is 19.5 Å². The van der Waals surface area contributed by atoms with Gasteiger partial charge in [-0.15, -0.1) is 0 Å². The van der Waals surface area contributed by atoms with Gasteiger partial charge in [-0.25, -0.2) is 4.79 Å². The van der Waals surface area contributed by atoms with Crippen LogP contribution in [-0.2, 0) is 11.2 Å². The third-order valence-electron chi connectivity index (χ3n) is 1.53. The van der Waals surface area contributed by atoms with Crippen LogP contribution >= 0.6 is 7.94 Å². The van der Waals surface area contributed by atoms with Crippen LogP contribution < -0.4 is 0 Å². The number of hydrogen-bond donors (Lipinski definition) is 3. The van der Waals surface area contributed by atoms with Crippen molar-refractivity contribution in [2.75, 3.05) is 0 Å². The molecule has 4 nitrogen and oxygen atoms in total. The summed E-state index contributed by atoms with van der Waals surface area (Å²) in [6, 6.07) is 8.60. The molecule has 13 heavy (non-hydrogen) atoms. The van der Waals surface area contributed by atoms with Crippen LogP contribution in [0.1, 0.15) is 5.56 Å². The van der Waals surface area contributed by atoms with Crippen molar-refractivity contribution in [2.24, 2.45) is 0 Å². The molecule has 0 bridgehead atoms. The Hall–Kier alpha value is -0.800. The fraction of sp³-hybridized carbons (Fsp3) is 0.125. The Bertz CT molecular complexity index is 291. The van der Waals surface area contributed by atoms with Crippen LogP contribution in [0.5, 0.6) is 0 Å². The summed E-state index contributed by atoms with van der Waals surface area (Å²) in [5.74, 6) is 0. The molecule has 0 spiro atoms. The molecule has 0 amide bonds. The number of carbonyl (C=O) groups is 1. The average Bonchev–Trinajstić information content (AvgIpc) is 2.04. The van der Waals surface area contributed by atoms with E-state index < -0.39 is 13.5 Å². The third-order valence-corrected chi connectivity index (χ3v) is 2.36. The lowest BCUT2D eigenvalue weighted by Gasteiger charge is -2.01. The fourth-order valence-corrected chi connectivity index (χ4v) is 1.27. The Morgan fingerprint density at radius 2 is 1.69 bits per heavy atom. The Morgan fingerprint density at radius 1 is 1.15 bits per heavy atom. The van der Waals surface area contributed by atoms with E-state index in [0.717, 1.165) is 0 Å². The summed E-state index contributed by atoms with van der Waals surface area (Å²) in [5.41, 5.74) is -0.285. The maximum Gasteiger partial charge on any atom is 0.478 e. The van der Waals surface area contributed by atoms with Crippen molar-refractivity contribution in [1.82, 2.24) is 0 Å². The highest BCUT2D eigenvalue weighted by atomic mass is 31.2. The first kappa shape index (κ1) is 10.3. The molecule has 70 valence electrons. The van der Waals surface area contributed by atoms with Gasteiger partial charge in [0.2, 0.25) is 0 Å². The summed E-state index contributed by atoms with van der Waals surface area (Å²) < 4.78 is 0. The van der Waals surface area contributed by atoms with Crippen molar-refractivity contribution in [2.45, 2.75) is 6.42 Å². The molecule has 0 atom stereocenters. The molecule has 1 aromatic rings. The Kier molecular flexibility index (Phi) is 3.12. The summed E-state index contributed by atoms with van der Waals surface area (Å²) >= 11 is 0. The zero-order valence-electron chi connectivity index (χ0n) is 6.79. The van der Waals surface area contributed by atoms with Crippen LogP contribution in [0.2, 0.25) is 0 Å². The van der Waals surface area contributed by atoms with Crippen LogP contribution in [-0.4, -0.2) is 20.2 Å². The molecule has 0 aliphatic rings. The maximum absolute atomic E-state index is 10.9. The molecule has 0 radical (unpaired) electrons. The van der Waals surface area contributed by atoms with Gasteiger partial charge in [-0.05, 0) is 5.56 Å². The number of rotatable bonds is 3. The van der Waals surface area contributed by atoms with E-state index in [9.17, 15) is 4.79 Å². The van der Waals surface area contributed by atoms with Gasteiger partial charge < -0.3 is 0 Å². The normalized spacial score (nSPS) is 11.3. The monoisotopic (exact) mass is 201 g/mol. The first-order chi connectivity index (χ1) is 6.00.